The normalized spacial score (nSPS) is 11.9. The molecule has 0 aliphatic rings. The molecule has 3 rings (SSSR count). The van der Waals surface area contributed by atoms with Gasteiger partial charge in [-0.3, -0.25) is 9.48 Å². The number of aromatic nitrogens is 3. The molecule has 1 aromatic carbocycles. The Hall–Kier alpha value is -2.14. The molecule has 0 saturated heterocycles. The van der Waals surface area contributed by atoms with Crippen LogP contribution in [0.3, 0.4) is 0 Å². The minimum absolute atomic E-state index is 0.0672. The van der Waals surface area contributed by atoms with Gasteiger partial charge in [-0.25, -0.2) is 0 Å². The van der Waals surface area contributed by atoms with Gasteiger partial charge in [0.1, 0.15) is 5.52 Å². The van der Waals surface area contributed by atoms with Gasteiger partial charge in [-0.05, 0) is 46.1 Å². The monoisotopic (exact) mass is 298 g/mol. The molecular weight excluding hydrogens is 276 g/mol. The largest absolute Gasteiger partial charge is 0.338 e. The molecule has 0 saturated carbocycles. The first-order chi connectivity index (χ1) is 10.5. The van der Waals surface area contributed by atoms with Gasteiger partial charge in [0, 0.05) is 19.0 Å². The van der Waals surface area contributed by atoms with E-state index < -0.39 is 0 Å². The minimum Gasteiger partial charge on any atom is -0.338 e. The summed E-state index contributed by atoms with van der Waals surface area (Å²) in [5, 5.41) is 5.07. The summed E-state index contributed by atoms with van der Waals surface area (Å²) in [5.74, 6) is 0. The predicted molar refractivity (Wildman–Crippen MR) is 90.4 cm³/mol. The molecule has 5 nitrogen and oxygen atoms in total. The van der Waals surface area contributed by atoms with E-state index in [4.69, 9.17) is 0 Å². The zero-order chi connectivity index (χ0) is 15.9. The van der Waals surface area contributed by atoms with Crippen molar-refractivity contribution in [3.05, 3.63) is 40.2 Å². The van der Waals surface area contributed by atoms with Crippen molar-refractivity contribution in [3.63, 3.8) is 0 Å². The van der Waals surface area contributed by atoms with Gasteiger partial charge in [-0.2, -0.15) is 5.10 Å². The second kappa shape index (κ2) is 5.57. The van der Waals surface area contributed by atoms with Crippen LogP contribution >= 0.6 is 0 Å². The molecule has 0 N–H and O–H groups in total. The number of rotatable bonds is 4. The van der Waals surface area contributed by atoms with Crippen LogP contribution in [0.15, 0.2) is 29.2 Å². The van der Waals surface area contributed by atoms with E-state index in [-0.39, 0.29) is 5.43 Å². The molecule has 3 aromatic rings. The number of hydrogen-bond donors (Lipinski definition) is 0. The van der Waals surface area contributed by atoms with E-state index in [1.807, 2.05) is 26.1 Å². The van der Waals surface area contributed by atoms with Crippen LogP contribution in [0.25, 0.3) is 21.9 Å². The molecule has 0 bridgehead atoms. The SMILES string of the molecule is Cc1ccc2c(c1)c(=O)c1c(cnn1C)n2CCCN(C)C. The van der Waals surface area contributed by atoms with Crippen molar-refractivity contribution in [1.82, 2.24) is 19.2 Å². The Bertz CT molecular complexity index is 889. The molecule has 0 atom stereocenters. The van der Waals surface area contributed by atoms with Crippen molar-refractivity contribution in [2.24, 2.45) is 7.05 Å². The van der Waals surface area contributed by atoms with Gasteiger partial charge in [0.05, 0.1) is 17.2 Å². The molecule has 0 amide bonds. The van der Waals surface area contributed by atoms with Gasteiger partial charge in [-0.1, -0.05) is 11.6 Å². The van der Waals surface area contributed by atoms with Crippen LogP contribution in [0.2, 0.25) is 0 Å². The summed E-state index contributed by atoms with van der Waals surface area (Å²) in [6.45, 7) is 3.91. The second-order valence-electron chi connectivity index (χ2n) is 6.16. The molecule has 0 aliphatic carbocycles. The van der Waals surface area contributed by atoms with Crippen molar-refractivity contribution >= 4 is 21.9 Å². The number of aryl methyl sites for hydroxylation is 3. The third-order valence-electron chi connectivity index (χ3n) is 4.10. The van der Waals surface area contributed by atoms with Gasteiger partial charge < -0.3 is 9.47 Å². The van der Waals surface area contributed by atoms with Crippen molar-refractivity contribution in [2.75, 3.05) is 20.6 Å². The van der Waals surface area contributed by atoms with Crippen molar-refractivity contribution in [1.29, 1.82) is 0 Å². The van der Waals surface area contributed by atoms with E-state index in [1.54, 1.807) is 10.9 Å². The Kier molecular flexibility index (Phi) is 3.74. The second-order valence-corrected chi connectivity index (χ2v) is 6.16. The Balaban J connectivity index is 2.26. The van der Waals surface area contributed by atoms with E-state index in [2.05, 4.69) is 34.7 Å². The molecule has 2 aromatic heterocycles. The van der Waals surface area contributed by atoms with Crippen LogP contribution in [-0.2, 0) is 13.6 Å². The number of fused-ring (bicyclic) bond motifs is 2. The van der Waals surface area contributed by atoms with E-state index in [0.717, 1.165) is 41.5 Å². The highest BCUT2D eigenvalue weighted by atomic mass is 16.1. The summed E-state index contributed by atoms with van der Waals surface area (Å²) < 4.78 is 3.91. The van der Waals surface area contributed by atoms with Crippen LogP contribution < -0.4 is 5.43 Å². The Labute approximate surface area is 129 Å². The van der Waals surface area contributed by atoms with Crippen molar-refractivity contribution in [3.8, 4) is 0 Å². The Morgan fingerprint density at radius 3 is 2.73 bits per heavy atom. The summed E-state index contributed by atoms with van der Waals surface area (Å²) in [6.07, 6.45) is 2.83. The third-order valence-corrected chi connectivity index (χ3v) is 4.10. The molecule has 2 heterocycles. The first kappa shape index (κ1) is 14.8. The lowest BCUT2D eigenvalue weighted by atomic mass is 10.1. The fourth-order valence-corrected chi connectivity index (χ4v) is 3.00. The quantitative estimate of drug-likeness (QED) is 0.741. The number of benzene rings is 1. The molecule has 0 unspecified atom stereocenters. The molecule has 0 radical (unpaired) electrons. The van der Waals surface area contributed by atoms with Gasteiger partial charge in [0.15, 0.2) is 0 Å². The maximum absolute atomic E-state index is 12.8. The maximum atomic E-state index is 12.8. The zero-order valence-electron chi connectivity index (χ0n) is 13.6. The topological polar surface area (TPSA) is 43.1 Å². The van der Waals surface area contributed by atoms with Crippen molar-refractivity contribution in [2.45, 2.75) is 19.9 Å². The molecule has 5 heteroatoms. The average Bonchev–Trinajstić information content (AvgIpc) is 2.84. The maximum Gasteiger partial charge on any atom is 0.215 e. The standard InChI is InChI=1S/C17H22N4O/c1-12-6-7-14-13(10-12)17(22)16-15(11-18-20(16)4)21(14)9-5-8-19(2)3/h6-7,10-11H,5,8-9H2,1-4H3. The van der Waals surface area contributed by atoms with Crippen LogP contribution in [0.4, 0.5) is 0 Å². The first-order valence-corrected chi connectivity index (χ1v) is 7.58. The summed E-state index contributed by atoms with van der Waals surface area (Å²) in [4.78, 5) is 14.9. The van der Waals surface area contributed by atoms with Gasteiger partial charge in [0.2, 0.25) is 5.43 Å². The lowest BCUT2D eigenvalue weighted by molar-refractivity contribution is 0.389. The van der Waals surface area contributed by atoms with Gasteiger partial charge in [0.25, 0.3) is 0 Å². The first-order valence-electron chi connectivity index (χ1n) is 7.58. The highest BCUT2D eigenvalue weighted by Gasteiger charge is 2.14. The van der Waals surface area contributed by atoms with E-state index in [0.29, 0.717) is 5.52 Å². The molecular formula is C17H22N4O. The van der Waals surface area contributed by atoms with Gasteiger partial charge >= 0.3 is 0 Å². The molecule has 0 aliphatic heterocycles. The number of nitrogens with zero attached hydrogens (tertiary/aromatic N) is 4. The molecule has 116 valence electrons. The smallest absolute Gasteiger partial charge is 0.215 e. The van der Waals surface area contributed by atoms with E-state index in [1.165, 1.54) is 0 Å². The Morgan fingerprint density at radius 2 is 2.00 bits per heavy atom. The van der Waals surface area contributed by atoms with E-state index >= 15 is 0 Å². The lowest BCUT2D eigenvalue weighted by Gasteiger charge is -2.15. The van der Waals surface area contributed by atoms with Crippen LogP contribution in [-0.4, -0.2) is 39.9 Å². The van der Waals surface area contributed by atoms with Crippen molar-refractivity contribution < 1.29 is 0 Å². The third kappa shape index (κ3) is 2.41. The fourth-order valence-electron chi connectivity index (χ4n) is 3.00. The van der Waals surface area contributed by atoms with Crippen LogP contribution in [0.1, 0.15) is 12.0 Å². The molecule has 0 spiro atoms. The van der Waals surface area contributed by atoms with Crippen LogP contribution in [0.5, 0.6) is 0 Å². The summed E-state index contributed by atoms with van der Waals surface area (Å²) in [6, 6.07) is 6.09. The highest BCUT2D eigenvalue weighted by Crippen LogP contribution is 2.20. The fraction of sp³-hybridized carbons (Fsp3) is 0.412. The Morgan fingerprint density at radius 1 is 1.23 bits per heavy atom. The average molecular weight is 298 g/mol. The number of hydrogen-bond acceptors (Lipinski definition) is 3. The van der Waals surface area contributed by atoms with Crippen LogP contribution in [0, 0.1) is 6.92 Å². The molecule has 22 heavy (non-hydrogen) atoms. The van der Waals surface area contributed by atoms with E-state index in [9.17, 15) is 4.79 Å². The molecule has 0 fully saturated rings. The lowest BCUT2D eigenvalue weighted by Crippen LogP contribution is -2.17. The van der Waals surface area contributed by atoms with Gasteiger partial charge in [-0.15, -0.1) is 0 Å². The summed E-state index contributed by atoms with van der Waals surface area (Å²) in [5.41, 5.74) is 3.77. The zero-order valence-corrected chi connectivity index (χ0v) is 13.6. The summed E-state index contributed by atoms with van der Waals surface area (Å²) in [7, 11) is 5.98. The summed E-state index contributed by atoms with van der Waals surface area (Å²) >= 11 is 0. The minimum atomic E-state index is 0.0672. The number of pyridine rings is 1. The predicted octanol–water partition coefficient (Wildman–Crippen LogP) is 2.15. The highest BCUT2D eigenvalue weighted by molar-refractivity contribution is 5.92.